The highest BCUT2D eigenvalue weighted by molar-refractivity contribution is 5.77. The first-order valence-electron chi connectivity index (χ1n) is 8.45. The summed E-state index contributed by atoms with van der Waals surface area (Å²) in [5.41, 5.74) is 2.31. The van der Waals surface area contributed by atoms with Crippen LogP contribution < -0.4 is 20.1 Å². The van der Waals surface area contributed by atoms with E-state index in [4.69, 9.17) is 9.47 Å². The Morgan fingerprint density at radius 2 is 2.17 bits per heavy atom. The molecule has 0 bridgehead atoms. The number of nitrogens with one attached hydrogen (secondary N) is 2. The first-order valence-corrected chi connectivity index (χ1v) is 8.45. The Kier molecular flexibility index (Phi) is 6.28. The van der Waals surface area contributed by atoms with Gasteiger partial charge < -0.3 is 20.1 Å². The summed E-state index contributed by atoms with van der Waals surface area (Å²) < 4.78 is 11.6. The van der Waals surface area contributed by atoms with Crippen molar-refractivity contribution in [1.29, 1.82) is 0 Å². The normalized spacial score (nSPS) is 16.1. The Bertz CT molecular complexity index is 543. The van der Waals surface area contributed by atoms with Crippen LogP contribution in [0.25, 0.3) is 0 Å². The minimum Gasteiger partial charge on any atom is -0.494 e. The standard InChI is InChI=1S/C18H28N2O3/c1-5-22-16-9-14-8-13(4)23-17(14)10-15(16)11-19-6-7-20-18(21)12(2)3/h9-10,12-13,19H,5-8,11H2,1-4H3,(H,20,21)/t13-/m1/s1. The Labute approximate surface area is 138 Å². The molecule has 0 unspecified atom stereocenters. The van der Waals surface area contributed by atoms with Crippen LogP contribution >= 0.6 is 0 Å². The second-order valence-corrected chi connectivity index (χ2v) is 6.26. The Morgan fingerprint density at radius 3 is 2.87 bits per heavy atom. The van der Waals surface area contributed by atoms with E-state index in [1.807, 2.05) is 20.8 Å². The number of carbonyl (C=O) groups excluding carboxylic acids is 1. The molecule has 1 atom stereocenters. The number of benzene rings is 1. The first-order chi connectivity index (χ1) is 11.0. The molecular formula is C18H28N2O3. The molecule has 0 saturated carbocycles. The van der Waals surface area contributed by atoms with Crippen LogP contribution in [-0.4, -0.2) is 31.7 Å². The molecule has 0 radical (unpaired) electrons. The third kappa shape index (κ3) is 4.86. The molecule has 1 amide bonds. The van der Waals surface area contributed by atoms with Gasteiger partial charge in [0.15, 0.2) is 0 Å². The van der Waals surface area contributed by atoms with E-state index >= 15 is 0 Å². The maximum absolute atomic E-state index is 11.5. The predicted molar refractivity (Wildman–Crippen MR) is 91.0 cm³/mol. The zero-order valence-electron chi connectivity index (χ0n) is 14.6. The number of amides is 1. The van der Waals surface area contributed by atoms with E-state index in [9.17, 15) is 4.79 Å². The van der Waals surface area contributed by atoms with Crippen LogP contribution in [0.1, 0.15) is 38.8 Å². The minimum atomic E-state index is 0.0235. The van der Waals surface area contributed by atoms with E-state index < -0.39 is 0 Å². The average Bonchev–Trinajstić information content (AvgIpc) is 2.85. The molecule has 2 N–H and O–H groups in total. The van der Waals surface area contributed by atoms with E-state index in [0.29, 0.717) is 19.7 Å². The van der Waals surface area contributed by atoms with Crippen LogP contribution in [0, 0.1) is 5.92 Å². The summed E-state index contributed by atoms with van der Waals surface area (Å²) in [6.07, 6.45) is 1.17. The van der Waals surface area contributed by atoms with E-state index in [0.717, 1.165) is 30.0 Å². The quantitative estimate of drug-likeness (QED) is 0.722. The van der Waals surface area contributed by atoms with Crippen LogP contribution in [0.2, 0.25) is 0 Å². The van der Waals surface area contributed by atoms with Gasteiger partial charge in [-0.25, -0.2) is 0 Å². The Morgan fingerprint density at radius 1 is 1.39 bits per heavy atom. The highest BCUT2D eigenvalue weighted by Gasteiger charge is 2.21. The second-order valence-electron chi connectivity index (χ2n) is 6.26. The van der Waals surface area contributed by atoms with Gasteiger partial charge in [-0.15, -0.1) is 0 Å². The van der Waals surface area contributed by atoms with Gasteiger partial charge in [0.1, 0.15) is 17.6 Å². The predicted octanol–water partition coefficient (Wildman–Crippen LogP) is 2.27. The van der Waals surface area contributed by atoms with E-state index in [1.54, 1.807) is 0 Å². The van der Waals surface area contributed by atoms with Crippen molar-refractivity contribution in [3.05, 3.63) is 23.3 Å². The van der Waals surface area contributed by atoms with E-state index in [2.05, 4.69) is 29.7 Å². The molecule has 0 aliphatic carbocycles. The molecule has 1 heterocycles. The molecule has 1 aliphatic rings. The fraction of sp³-hybridized carbons (Fsp3) is 0.611. The van der Waals surface area contributed by atoms with Crippen molar-refractivity contribution < 1.29 is 14.3 Å². The largest absolute Gasteiger partial charge is 0.494 e. The summed E-state index contributed by atoms with van der Waals surface area (Å²) in [5, 5.41) is 6.25. The van der Waals surface area contributed by atoms with Crippen molar-refractivity contribution in [3.63, 3.8) is 0 Å². The number of hydrogen-bond donors (Lipinski definition) is 2. The van der Waals surface area contributed by atoms with Crippen LogP contribution in [-0.2, 0) is 17.8 Å². The number of hydrogen-bond acceptors (Lipinski definition) is 4. The van der Waals surface area contributed by atoms with Gasteiger partial charge >= 0.3 is 0 Å². The van der Waals surface area contributed by atoms with Gasteiger partial charge in [-0.1, -0.05) is 13.8 Å². The molecule has 1 aliphatic heterocycles. The zero-order valence-corrected chi connectivity index (χ0v) is 14.6. The van der Waals surface area contributed by atoms with Crippen molar-refractivity contribution >= 4 is 5.91 Å². The van der Waals surface area contributed by atoms with Crippen LogP contribution in [0.5, 0.6) is 11.5 Å². The molecule has 5 heteroatoms. The summed E-state index contributed by atoms with van der Waals surface area (Å²) in [4.78, 5) is 11.5. The SMILES string of the molecule is CCOc1cc2c(cc1CNCCNC(=O)C(C)C)O[C@H](C)C2. The number of fused-ring (bicyclic) bond motifs is 1. The highest BCUT2D eigenvalue weighted by atomic mass is 16.5. The van der Waals surface area contributed by atoms with Gasteiger partial charge in [-0.05, 0) is 26.0 Å². The molecule has 1 aromatic carbocycles. The topological polar surface area (TPSA) is 59.6 Å². The van der Waals surface area contributed by atoms with Crippen LogP contribution in [0.15, 0.2) is 12.1 Å². The second kappa shape index (κ2) is 8.20. The maximum Gasteiger partial charge on any atom is 0.222 e. The highest BCUT2D eigenvalue weighted by Crippen LogP contribution is 2.35. The maximum atomic E-state index is 11.5. The number of ether oxygens (including phenoxy) is 2. The van der Waals surface area contributed by atoms with E-state index in [-0.39, 0.29) is 17.9 Å². The summed E-state index contributed by atoms with van der Waals surface area (Å²) in [6.45, 7) is 10.5. The summed E-state index contributed by atoms with van der Waals surface area (Å²) in [6, 6.07) is 4.17. The molecule has 5 nitrogen and oxygen atoms in total. The average molecular weight is 320 g/mol. The van der Waals surface area contributed by atoms with Gasteiger partial charge in [-0.2, -0.15) is 0 Å². The molecule has 0 spiro atoms. The molecule has 0 aromatic heterocycles. The molecule has 2 rings (SSSR count). The summed E-state index contributed by atoms with van der Waals surface area (Å²) in [7, 11) is 0. The lowest BCUT2D eigenvalue weighted by atomic mass is 10.1. The third-order valence-corrected chi connectivity index (χ3v) is 3.82. The lowest BCUT2D eigenvalue weighted by Crippen LogP contribution is -2.34. The van der Waals surface area contributed by atoms with Crippen molar-refractivity contribution in [3.8, 4) is 11.5 Å². The minimum absolute atomic E-state index is 0.0235. The van der Waals surface area contributed by atoms with Gasteiger partial charge in [0, 0.05) is 43.1 Å². The van der Waals surface area contributed by atoms with Gasteiger partial charge in [0.25, 0.3) is 0 Å². The lowest BCUT2D eigenvalue weighted by molar-refractivity contribution is -0.123. The molecule has 0 saturated heterocycles. The Hall–Kier alpha value is -1.75. The molecule has 1 aromatic rings. The molecular weight excluding hydrogens is 292 g/mol. The summed E-state index contributed by atoms with van der Waals surface area (Å²) >= 11 is 0. The third-order valence-electron chi connectivity index (χ3n) is 3.82. The number of rotatable bonds is 8. The monoisotopic (exact) mass is 320 g/mol. The van der Waals surface area contributed by atoms with Crippen molar-refractivity contribution in [1.82, 2.24) is 10.6 Å². The van der Waals surface area contributed by atoms with Crippen molar-refractivity contribution in [2.45, 2.75) is 46.8 Å². The van der Waals surface area contributed by atoms with Gasteiger partial charge in [-0.3, -0.25) is 4.79 Å². The lowest BCUT2D eigenvalue weighted by Gasteiger charge is -2.14. The van der Waals surface area contributed by atoms with Crippen LogP contribution in [0.3, 0.4) is 0 Å². The molecule has 128 valence electrons. The van der Waals surface area contributed by atoms with Gasteiger partial charge in [0.05, 0.1) is 6.61 Å². The molecule has 23 heavy (non-hydrogen) atoms. The van der Waals surface area contributed by atoms with Crippen molar-refractivity contribution in [2.24, 2.45) is 5.92 Å². The number of carbonyl (C=O) groups is 1. The zero-order chi connectivity index (χ0) is 16.8. The van der Waals surface area contributed by atoms with E-state index in [1.165, 1.54) is 5.56 Å². The first kappa shape index (κ1) is 17.6. The van der Waals surface area contributed by atoms with Crippen LogP contribution in [0.4, 0.5) is 0 Å². The summed E-state index contributed by atoms with van der Waals surface area (Å²) in [5.74, 6) is 1.99. The fourth-order valence-corrected chi connectivity index (χ4v) is 2.61. The smallest absolute Gasteiger partial charge is 0.222 e. The molecule has 0 fully saturated rings. The fourth-order valence-electron chi connectivity index (χ4n) is 2.61. The van der Waals surface area contributed by atoms with Gasteiger partial charge in [0.2, 0.25) is 5.91 Å². The van der Waals surface area contributed by atoms with Crippen molar-refractivity contribution in [2.75, 3.05) is 19.7 Å². The Balaban J connectivity index is 1.89.